The molecule has 2 fully saturated rings. The second-order valence-electron chi connectivity index (χ2n) is 6.47. The van der Waals surface area contributed by atoms with Gasteiger partial charge in [0.1, 0.15) is 5.75 Å². The number of piperidine rings is 1. The number of likely N-dealkylation sites (tertiary alicyclic amines) is 1. The van der Waals surface area contributed by atoms with Crippen molar-refractivity contribution < 1.29 is 9.53 Å². The summed E-state index contributed by atoms with van der Waals surface area (Å²) in [5.74, 6) is 1.92. The molecule has 1 aromatic rings. The largest absolute Gasteiger partial charge is 0.497 e. The van der Waals surface area contributed by atoms with E-state index in [4.69, 9.17) is 4.74 Å². The first-order valence-electron chi connectivity index (χ1n) is 8.41. The molecule has 1 unspecified atom stereocenters. The number of rotatable bonds is 4. The number of ether oxygens (including phenoxy) is 1. The molecular weight excluding hydrogens is 312 g/mol. The molecule has 0 spiro atoms. The van der Waals surface area contributed by atoms with Crippen LogP contribution in [0.4, 0.5) is 0 Å². The standard InChI is InChI=1S/C18H26N2O2.ClH/c1-22-16-6-4-14(5-7-16)13-15-8-11-20(12-9-15)18(21)17-3-2-10-19-17;/h4-7,15,17,19H,2-3,8-13H2,1H3;1H. The zero-order chi connectivity index (χ0) is 15.4. The molecule has 0 saturated carbocycles. The van der Waals surface area contributed by atoms with Crippen molar-refractivity contribution >= 4 is 18.3 Å². The predicted molar refractivity (Wildman–Crippen MR) is 94.3 cm³/mol. The lowest BCUT2D eigenvalue weighted by atomic mass is 9.90. The molecule has 1 aromatic carbocycles. The van der Waals surface area contributed by atoms with Gasteiger partial charge in [0.2, 0.25) is 5.91 Å². The molecule has 0 aliphatic carbocycles. The van der Waals surface area contributed by atoms with Crippen LogP contribution in [0.2, 0.25) is 0 Å². The Morgan fingerprint density at radius 2 is 1.91 bits per heavy atom. The van der Waals surface area contributed by atoms with E-state index in [-0.39, 0.29) is 18.4 Å². The molecule has 128 valence electrons. The zero-order valence-corrected chi connectivity index (χ0v) is 14.6. The lowest BCUT2D eigenvalue weighted by Gasteiger charge is -2.33. The molecule has 2 aliphatic rings. The normalized spacial score (nSPS) is 21.8. The van der Waals surface area contributed by atoms with Crippen LogP contribution in [0.5, 0.6) is 5.75 Å². The first kappa shape index (κ1) is 18.1. The Labute approximate surface area is 145 Å². The maximum atomic E-state index is 12.4. The fourth-order valence-electron chi connectivity index (χ4n) is 3.57. The van der Waals surface area contributed by atoms with Gasteiger partial charge in [-0.25, -0.2) is 0 Å². The monoisotopic (exact) mass is 338 g/mol. The number of hydrogen-bond acceptors (Lipinski definition) is 3. The summed E-state index contributed by atoms with van der Waals surface area (Å²) in [6, 6.07) is 8.44. The molecule has 2 heterocycles. The number of amides is 1. The highest BCUT2D eigenvalue weighted by molar-refractivity contribution is 5.85. The van der Waals surface area contributed by atoms with Gasteiger partial charge in [-0.15, -0.1) is 12.4 Å². The molecule has 1 atom stereocenters. The number of benzene rings is 1. The highest BCUT2D eigenvalue weighted by Gasteiger charge is 2.29. The minimum Gasteiger partial charge on any atom is -0.497 e. The van der Waals surface area contributed by atoms with Crippen LogP contribution in [0.1, 0.15) is 31.2 Å². The molecule has 3 rings (SSSR count). The minimum atomic E-state index is 0. The molecule has 1 N–H and O–H groups in total. The third kappa shape index (κ3) is 4.61. The Bertz CT molecular complexity index is 492. The van der Waals surface area contributed by atoms with Crippen molar-refractivity contribution in [1.29, 1.82) is 0 Å². The summed E-state index contributed by atoms with van der Waals surface area (Å²) in [6.45, 7) is 2.82. The second-order valence-corrected chi connectivity index (χ2v) is 6.47. The quantitative estimate of drug-likeness (QED) is 0.917. The Hall–Kier alpha value is -1.26. The number of carbonyl (C=O) groups is 1. The Kier molecular flexibility index (Phi) is 6.72. The fraction of sp³-hybridized carbons (Fsp3) is 0.611. The lowest BCUT2D eigenvalue weighted by Crippen LogP contribution is -2.47. The maximum Gasteiger partial charge on any atom is 0.239 e. The molecule has 0 bridgehead atoms. The van der Waals surface area contributed by atoms with E-state index in [1.807, 2.05) is 12.1 Å². The molecule has 2 aliphatic heterocycles. The van der Waals surface area contributed by atoms with E-state index in [1.165, 1.54) is 5.56 Å². The Balaban J connectivity index is 0.00000192. The predicted octanol–water partition coefficient (Wildman–Crippen LogP) is 2.65. The van der Waals surface area contributed by atoms with E-state index >= 15 is 0 Å². The van der Waals surface area contributed by atoms with Gasteiger partial charge >= 0.3 is 0 Å². The number of hydrogen-bond donors (Lipinski definition) is 1. The van der Waals surface area contributed by atoms with Crippen LogP contribution in [0.3, 0.4) is 0 Å². The van der Waals surface area contributed by atoms with E-state index in [9.17, 15) is 4.79 Å². The van der Waals surface area contributed by atoms with Gasteiger partial charge in [0.25, 0.3) is 0 Å². The van der Waals surface area contributed by atoms with Crippen molar-refractivity contribution in [3.8, 4) is 5.75 Å². The average Bonchev–Trinajstić information content (AvgIpc) is 3.10. The van der Waals surface area contributed by atoms with Crippen LogP contribution < -0.4 is 10.1 Å². The van der Waals surface area contributed by atoms with Crippen LogP contribution in [-0.2, 0) is 11.2 Å². The summed E-state index contributed by atoms with van der Waals surface area (Å²) in [4.78, 5) is 14.4. The van der Waals surface area contributed by atoms with E-state index < -0.39 is 0 Å². The van der Waals surface area contributed by atoms with Gasteiger partial charge in [-0.1, -0.05) is 12.1 Å². The van der Waals surface area contributed by atoms with Gasteiger partial charge in [0.15, 0.2) is 0 Å². The third-order valence-electron chi connectivity index (χ3n) is 4.97. The fourth-order valence-corrected chi connectivity index (χ4v) is 3.57. The summed E-state index contributed by atoms with van der Waals surface area (Å²) >= 11 is 0. The van der Waals surface area contributed by atoms with Crippen molar-refractivity contribution in [2.24, 2.45) is 5.92 Å². The highest BCUT2D eigenvalue weighted by Crippen LogP contribution is 2.24. The first-order chi connectivity index (χ1) is 10.8. The van der Waals surface area contributed by atoms with E-state index in [0.717, 1.165) is 57.5 Å². The van der Waals surface area contributed by atoms with Crippen molar-refractivity contribution in [3.05, 3.63) is 29.8 Å². The zero-order valence-electron chi connectivity index (χ0n) is 13.8. The van der Waals surface area contributed by atoms with Crippen LogP contribution in [-0.4, -0.2) is 43.6 Å². The number of nitrogens with one attached hydrogen (secondary N) is 1. The SMILES string of the molecule is COc1ccc(CC2CCN(C(=O)C3CCCN3)CC2)cc1.Cl. The number of carbonyl (C=O) groups excluding carboxylic acids is 1. The topological polar surface area (TPSA) is 41.6 Å². The molecule has 1 amide bonds. The third-order valence-corrected chi connectivity index (χ3v) is 4.97. The van der Waals surface area contributed by atoms with Gasteiger partial charge < -0.3 is 15.0 Å². The van der Waals surface area contributed by atoms with E-state index in [2.05, 4.69) is 22.3 Å². The van der Waals surface area contributed by atoms with Crippen LogP contribution >= 0.6 is 12.4 Å². The summed E-state index contributed by atoms with van der Waals surface area (Å²) in [5.41, 5.74) is 1.36. The Morgan fingerprint density at radius 1 is 1.22 bits per heavy atom. The van der Waals surface area contributed by atoms with Crippen molar-refractivity contribution in [3.63, 3.8) is 0 Å². The molecule has 23 heavy (non-hydrogen) atoms. The van der Waals surface area contributed by atoms with E-state index in [1.54, 1.807) is 7.11 Å². The van der Waals surface area contributed by atoms with E-state index in [0.29, 0.717) is 11.8 Å². The average molecular weight is 339 g/mol. The second kappa shape index (κ2) is 8.55. The van der Waals surface area contributed by atoms with Crippen molar-refractivity contribution in [2.45, 2.75) is 38.1 Å². The maximum absolute atomic E-state index is 12.4. The van der Waals surface area contributed by atoms with Gasteiger partial charge in [0.05, 0.1) is 13.2 Å². The van der Waals surface area contributed by atoms with Gasteiger partial charge in [0, 0.05) is 13.1 Å². The molecule has 0 aromatic heterocycles. The number of nitrogens with zero attached hydrogens (tertiary/aromatic N) is 1. The molecule has 2 saturated heterocycles. The smallest absolute Gasteiger partial charge is 0.239 e. The van der Waals surface area contributed by atoms with Crippen LogP contribution in [0.15, 0.2) is 24.3 Å². The Morgan fingerprint density at radius 3 is 2.48 bits per heavy atom. The summed E-state index contributed by atoms with van der Waals surface area (Å²) < 4.78 is 5.20. The molecule has 5 heteroatoms. The van der Waals surface area contributed by atoms with Crippen molar-refractivity contribution in [2.75, 3.05) is 26.7 Å². The number of methoxy groups -OCH3 is 1. The van der Waals surface area contributed by atoms with Gasteiger partial charge in [-0.2, -0.15) is 0 Å². The minimum absolute atomic E-state index is 0. The molecule has 4 nitrogen and oxygen atoms in total. The lowest BCUT2D eigenvalue weighted by molar-refractivity contribution is -0.134. The summed E-state index contributed by atoms with van der Waals surface area (Å²) in [5, 5.41) is 3.31. The summed E-state index contributed by atoms with van der Waals surface area (Å²) in [7, 11) is 1.70. The highest BCUT2D eigenvalue weighted by atomic mass is 35.5. The van der Waals surface area contributed by atoms with Gasteiger partial charge in [-0.05, 0) is 62.3 Å². The first-order valence-corrected chi connectivity index (χ1v) is 8.41. The van der Waals surface area contributed by atoms with Crippen LogP contribution in [0, 0.1) is 5.92 Å². The molecular formula is C18H27ClN2O2. The van der Waals surface area contributed by atoms with Gasteiger partial charge in [-0.3, -0.25) is 4.79 Å². The summed E-state index contributed by atoms with van der Waals surface area (Å²) in [6.07, 6.45) is 5.47. The number of halogens is 1. The van der Waals surface area contributed by atoms with Crippen LogP contribution in [0.25, 0.3) is 0 Å². The molecule has 0 radical (unpaired) electrons. The van der Waals surface area contributed by atoms with Crippen molar-refractivity contribution in [1.82, 2.24) is 10.2 Å².